The Labute approximate surface area is 227 Å². The van der Waals surface area contributed by atoms with Crippen LogP contribution in [-0.2, 0) is 0 Å². The summed E-state index contributed by atoms with van der Waals surface area (Å²) in [6.07, 6.45) is 7.79. The zero-order valence-electron chi connectivity index (χ0n) is 22.8. The fourth-order valence-electron chi connectivity index (χ4n) is 6.61. The van der Waals surface area contributed by atoms with E-state index in [0.717, 1.165) is 22.1 Å². The fraction of sp³-hybridized carbons (Fsp3) is 0.343. The first-order valence-electron chi connectivity index (χ1n) is 14.4. The molecule has 1 aliphatic carbocycles. The molecule has 0 saturated carbocycles. The summed E-state index contributed by atoms with van der Waals surface area (Å²) in [5.74, 6) is 0.165. The Hall–Kier alpha value is -2.39. The van der Waals surface area contributed by atoms with Crippen LogP contribution in [-0.4, -0.2) is 24.2 Å². The van der Waals surface area contributed by atoms with Crippen molar-refractivity contribution in [1.29, 1.82) is 0 Å². The van der Waals surface area contributed by atoms with E-state index in [9.17, 15) is 4.79 Å². The van der Waals surface area contributed by atoms with Gasteiger partial charge in [-0.15, -0.1) is 0 Å². The molecule has 0 aliphatic heterocycles. The second-order valence-corrected chi connectivity index (χ2v) is 24.0. The molecule has 190 valence electrons. The molecule has 5 rings (SSSR count). The van der Waals surface area contributed by atoms with Gasteiger partial charge in [-0.1, -0.05) is 0 Å². The molecule has 2 heteroatoms. The van der Waals surface area contributed by atoms with Crippen molar-refractivity contribution in [1.82, 2.24) is 0 Å². The predicted molar refractivity (Wildman–Crippen MR) is 163 cm³/mol. The summed E-state index contributed by atoms with van der Waals surface area (Å²) in [4.78, 5) is 13.7. The van der Waals surface area contributed by atoms with Crippen molar-refractivity contribution in [3.8, 4) is 22.3 Å². The van der Waals surface area contributed by atoms with Crippen LogP contribution in [0.3, 0.4) is 0 Å². The van der Waals surface area contributed by atoms with Crippen molar-refractivity contribution in [2.24, 2.45) is 0 Å². The molecular weight excluding hydrogens is 555 g/mol. The molecule has 0 N–H and O–H groups in total. The van der Waals surface area contributed by atoms with Crippen molar-refractivity contribution >= 4 is 38.5 Å². The molecule has 0 spiro atoms. The number of rotatable bonds is 11. The topological polar surface area (TPSA) is 17.1 Å². The van der Waals surface area contributed by atoms with Gasteiger partial charge in [0, 0.05) is 0 Å². The SMILES string of the molecule is CCC[CH2][Sn]([CH2]CCC)([CH2]CCC)[c]1cc2c3c(cccc3c1-c1ccccc1)C(=O)c1ccccc1-2. The van der Waals surface area contributed by atoms with Crippen LogP contribution in [0.15, 0.2) is 78.9 Å². The first kappa shape index (κ1) is 26.2. The van der Waals surface area contributed by atoms with E-state index in [4.69, 9.17) is 0 Å². The van der Waals surface area contributed by atoms with Crippen LogP contribution in [0.4, 0.5) is 0 Å². The summed E-state index contributed by atoms with van der Waals surface area (Å²) in [6.45, 7) is 7.06. The molecule has 1 aliphatic rings. The number of carbonyl (C=O) groups excluding carboxylic acids is 1. The van der Waals surface area contributed by atoms with Gasteiger partial charge in [0.15, 0.2) is 0 Å². The summed E-state index contributed by atoms with van der Waals surface area (Å²) in [5, 5.41) is 2.44. The maximum absolute atomic E-state index is 13.7. The van der Waals surface area contributed by atoms with E-state index in [1.165, 1.54) is 73.9 Å². The molecule has 0 fully saturated rings. The standard InChI is InChI=1S/C23H13O.3C4H9.Sn/c24-23-20-10-5-4-9-17(20)19-14-13-16(15-7-2-1-3-8-15)18-11-6-12-21(23)22(18)19;3*1-3-4-2;/h1-12,14H;3*1,3-4H2,2H3;. The normalized spacial score (nSPS) is 12.7. The summed E-state index contributed by atoms with van der Waals surface area (Å²) in [6, 6.07) is 28.4. The summed E-state index contributed by atoms with van der Waals surface area (Å²) in [5.41, 5.74) is 6.90. The van der Waals surface area contributed by atoms with E-state index in [1.807, 2.05) is 18.2 Å². The molecule has 4 aromatic carbocycles. The average molecular weight is 595 g/mol. The van der Waals surface area contributed by atoms with E-state index in [2.05, 4.69) is 81.4 Å². The third kappa shape index (κ3) is 4.80. The average Bonchev–Trinajstić information content (AvgIpc) is 2.95. The summed E-state index contributed by atoms with van der Waals surface area (Å²) in [7, 11) is 0. The third-order valence-corrected chi connectivity index (χ3v) is 24.1. The van der Waals surface area contributed by atoms with Gasteiger partial charge < -0.3 is 0 Å². The van der Waals surface area contributed by atoms with Gasteiger partial charge in [0.1, 0.15) is 0 Å². The Morgan fingerprint density at radius 3 is 1.78 bits per heavy atom. The van der Waals surface area contributed by atoms with Gasteiger partial charge in [-0.25, -0.2) is 0 Å². The number of carbonyl (C=O) groups is 1. The van der Waals surface area contributed by atoms with Crippen LogP contribution in [0.25, 0.3) is 33.0 Å². The zero-order valence-corrected chi connectivity index (χ0v) is 25.6. The molecule has 0 saturated heterocycles. The second kappa shape index (κ2) is 11.6. The number of fused-ring (bicyclic) bond motifs is 2. The van der Waals surface area contributed by atoms with Gasteiger partial charge in [-0.2, -0.15) is 0 Å². The van der Waals surface area contributed by atoms with Crippen LogP contribution in [0, 0.1) is 0 Å². The minimum absolute atomic E-state index is 0.165. The molecule has 4 aromatic rings. The van der Waals surface area contributed by atoms with E-state index in [1.54, 1.807) is 3.58 Å². The Kier molecular flexibility index (Phi) is 8.19. The number of hydrogen-bond donors (Lipinski definition) is 0. The Bertz CT molecular complexity index is 1380. The van der Waals surface area contributed by atoms with Gasteiger partial charge in [0.05, 0.1) is 0 Å². The number of unbranched alkanes of at least 4 members (excludes halogenated alkanes) is 3. The fourth-order valence-corrected chi connectivity index (χ4v) is 23.5. The van der Waals surface area contributed by atoms with Crippen LogP contribution in [0.1, 0.15) is 75.2 Å². The van der Waals surface area contributed by atoms with E-state index in [-0.39, 0.29) is 5.78 Å². The molecule has 0 radical (unpaired) electrons. The van der Waals surface area contributed by atoms with E-state index >= 15 is 0 Å². The molecule has 0 amide bonds. The summed E-state index contributed by atoms with van der Waals surface area (Å²) >= 11 is -2.85. The molecule has 37 heavy (non-hydrogen) atoms. The van der Waals surface area contributed by atoms with Crippen molar-refractivity contribution in [2.75, 3.05) is 0 Å². The first-order chi connectivity index (χ1) is 18.1. The third-order valence-electron chi connectivity index (χ3n) is 8.53. The monoisotopic (exact) mass is 596 g/mol. The van der Waals surface area contributed by atoms with Crippen LogP contribution in [0.2, 0.25) is 13.3 Å². The number of hydrogen-bond acceptors (Lipinski definition) is 1. The van der Waals surface area contributed by atoms with Crippen molar-refractivity contribution in [3.63, 3.8) is 0 Å². The molecule has 0 unspecified atom stereocenters. The number of benzene rings is 4. The minimum atomic E-state index is -2.85. The van der Waals surface area contributed by atoms with Gasteiger partial charge in [-0.05, 0) is 0 Å². The second-order valence-electron chi connectivity index (χ2n) is 10.9. The van der Waals surface area contributed by atoms with E-state index < -0.39 is 18.4 Å². The predicted octanol–water partition coefficient (Wildman–Crippen LogP) is 9.77. The van der Waals surface area contributed by atoms with Crippen LogP contribution in [0.5, 0.6) is 0 Å². The van der Waals surface area contributed by atoms with Crippen LogP contribution < -0.4 is 3.58 Å². The Morgan fingerprint density at radius 2 is 1.16 bits per heavy atom. The van der Waals surface area contributed by atoms with Crippen molar-refractivity contribution in [3.05, 3.63) is 90.0 Å². The van der Waals surface area contributed by atoms with Gasteiger partial charge in [0.2, 0.25) is 0 Å². The van der Waals surface area contributed by atoms with Crippen molar-refractivity contribution < 1.29 is 4.79 Å². The molecule has 0 bridgehead atoms. The molecule has 0 aromatic heterocycles. The molecular formula is C35H40OSn. The Balaban J connectivity index is 1.92. The molecule has 0 atom stereocenters. The number of ketones is 1. The zero-order chi connectivity index (χ0) is 25.8. The molecule has 1 nitrogen and oxygen atoms in total. The van der Waals surface area contributed by atoms with Gasteiger partial charge >= 0.3 is 228 Å². The van der Waals surface area contributed by atoms with Crippen LogP contribution >= 0.6 is 0 Å². The van der Waals surface area contributed by atoms with E-state index in [0.29, 0.717) is 0 Å². The maximum atomic E-state index is 13.7. The molecule has 0 heterocycles. The quantitative estimate of drug-likeness (QED) is 0.139. The first-order valence-corrected chi connectivity index (χ1v) is 21.9. The Morgan fingerprint density at radius 1 is 0.595 bits per heavy atom. The van der Waals surface area contributed by atoms with Gasteiger partial charge in [-0.3, -0.25) is 0 Å². The van der Waals surface area contributed by atoms with Gasteiger partial charge in [0.25, 0.3) is 0 Å². The van der Waals surface area contributed by atoms with Crippen molar-refractivity contribution in [2.45, 2.75) is 72.6 Å². The summed E-state index contributed by atoms with van der Waals surface area (Å²) < 4.78 is 5.99.